The van der Waals surface area contributed by atoms with Crippen LogP contribution in [0.5, 0.6) is 0 Å². The monoisotopic (exact) mass is 192 g/mol. The van der Waals surface area contributed by atoms with E-state index < -0.39 is 36.4 Å². The topological polar surface area (TPSA) is 101 Å². The lowest BCUT2D eigenvalue weighted by atomic mass is 9.77. The largest absolute Gasteiger partial charge is 0.390 e. The van der Waals surface area contributed by atoms with Crippen LogP contribution in [-0.2, 0) is 0 Å². The van der Waals surface area contributed by atoms with Gasteiger partial charge >= 0.3 is 0 Å². The van der Waals surface area contributed by atoms with Crippen LogP contribution in [0.25, 0.3) is 0 Å². The fraction of sp³-hybridized carbons (Fsp3) is 1.00. The van der Waals surface area contributed by atoms with Gasteiger partial charge in [0.15, 0.2) is 0 Å². The highest BCUT2D eigenvalue weighted by molar-refractivity contribution is 4.97. The summed E-state index contributed by atoms with van der Waals surface area (Å²) in [5.41, 5.74) is 0. The highest BCUT2D eigenvalue weighted by Crippen LogP contribution is 2.28. The van der Waals surface area contributed by atoms with E-state index in [4.69, 9.17) is 0 Å². The molecule has 1 aliphatic carbocycles. The summed E-state index contributed by atoms with van der Waals surface area (Å²) in [6.07, 6.45) is -6.18. The van der Waals surface area contributed by atoms with E-state index >= 15 is 0 Å². The molecule has 0 aliphatic heterocycles. The lowest BCUT2D eigenvalue weighted by Gasteiger charge is -2.41. The van der Waals surface area contributed by atoms with Crippen molar-refractivity contribution >= 4 is 0 Å². The Morgan fingerprint density at radius 3 is 1.31 bits per heavy atom. The minimum atomic E-state index is -1.48. The third-order valence-electron chi connectivity index (χ3n) is 2.75. The van der Waals surface area contributed by atoms with Crippen molar-refractivity contribution in [3.05, 3.63) is 0 Å². The Labute approximate surface area is 76.3 Å². The highest BCUT2D eigenvalue weighted by Gasteiger charge is 2.47. The Morgan fingerprint density at radius 1 is 0.692 bits per heavy atom. The van der Waals surface area contributed by atoms with Crippen molar-refractivity contribution in [1.82, 2.24) is 0 Å². The highest BCUT2D eigenvalue weighted by atomic mass is 16.4. The second kappa shape index (κ2) is 3.89. The van der Waals surface area contributed by atoms with E-state index in [9.17, 15) is 25.5 Å². The molecule has 0 unspecified atom stereocenters. The van der Waals surface area contributed by atoms with Crippen LogP contribution >= 0.6 is 0 Å². The third-order valence-corrected chi connectivity index (χ3v) is 2.75. The molecule has 1 fully saturated rings. The van der Waals surface area contributed by atoms with Crippen molar-refractivity contribution in [2.24, 2.45) is 5.92 Å². The first-order valence-corrected chi connectivity index (χ1v) is 4.41. The first kappa shape index (κ1) is 10.9. The Hall–Kier alpha value is -0.200. The van der Waals surface area contributed by atoms with Crippen LogP contribution in [0, 0.1) is 5.92 Å². The van der Waals surface area contributed by atoms with E-state index in [2.05, 4.69) is 0 Å². The van der Waals surface area contributed by atoms with Crippen molar-refractivity contribution < 1.29 is 25.5 Å². The van der Waals surface area contributed by atoms with Crippen molar-refractivity contribution in [3.63, 3.8) is 0 Å². The molecule has 0 radical (unpaired) electrons. The van der Waals surface area contributed by atoms with Crippen molar-refractivity contribution in [2.75, 3.05) is 0 Å². The molecule has 0 amide bonds. The van der Waals surface area contributed by atoms with E-state index in [1.165, 1.54) is 0 Å². The van der Waals surface area contributed by atoms with Gasteiger partial charge in [-0.05, 0) is 6.42 Å². The quantitative estimate of drug-likeness (QED) is 0.325. The predicted molar refractivity (Wildman–Crippen MR) is 43.8 cm³/mol. The zero-order chi connectivity index (χ0) is 10.2. The fourth-order valence-electron chi connectivity index (χ4n) is 1.80. The standard InChI is InChI=1S/C8H16O5/c1-2-3-4(9)6(11)8(13)7(12)5(3)10/h3-13H,2H2,1H3/t3-,4-,5+,6+,7-,8+. The summed E-state index contributed by atoms with van der Waals surface area (Å²) in [4.78, 5) is 0. The molecule has 13 heavy (non-hydrogen) atoms. The summed E-state index contributed by atoms with van der Waals surface area (Å²) in [6.45, 7) is 1.73. The summed E-state index contributed by atoms with van der Waals surface area (Å²) in [5, 5.41) is 46.5. The number of aliphatic hydroxyl groups is 5. The van der Waals surface area contributed by atoms with E-state index in [0.717, 1.165) is 0 Å². The average molecular weight is 192 g/mol. The molecule has 1 aliphatic rings. The molecular weight excluding hydrogens is 176 g/mol. The Kier molecular flexibility index (Phi) is 3.26. The minimum absolute atomic E-state index is 0.434. The molecular formula is C8H16O5. The SMILES string of the molecule is CC[C@H]1[C@H](O)[C@@H](O)[C@@H](O)[C@@H](O)[C@@H]1O. The zero-order valence-electron chi connectivity index (χ0n) is 7.41. The lowest BCUT2D eigenvalue weighted by molar-refractivity contribution is -0.204. The fourth-order valence-corrected chi connectivity index (χ4v) is 1.80. The van der Waals surface area contributed by atoms with Gasteiger partial charge < -0.3 is 25.5 Å². The maximum absolute atomic E-state index is 9.41. The number of hydrogen-bond donors (Lipinski definition) is 5. The van der Waals surface area contributed by atoms with Gasteiger partial charge in [0, 0.05) is 5.92 Å². The van der Waals surface area contributed by atoms with Gasteiger partial charge in [0.25, 0.3) is 0 Å². The molecule has 0 aromatic carbocycles. The van der Waals surface area contributed by atoms with E-state index in [0.29, 0.717) is 6.42 Å². The molecule has 0 aromatic heterocycles. The van der Waals surface area contributed by atoms with Gasteiger partial charge in [-0.15, -0.1) is 0 Å². The summed E-state index contributed by atoms with van der Waals surface area (Å²) in [5.74, 6) is -0.589. The second-order valence-electron chi connectivity index (χ2n) is 3.53. The van der Waals surface area contributed by atoms with Gasteiger partial charge in [-0.3, -0.25) is 0 Å². The molecule has 0 aromatic rings. The van der Waals surface area contributed by atoms with Crippen molar-refractivity contribution in [1.29, 1.82) is 0 Å². The van der Waals surface area contributed by atoms with Gasteiger partial charge in [0.1, 0.15) is 18.3 Å². The molecule has 0 heterocycles. The molecule has 1 rings (SSSR count). The van der Waals surface area contributed by atoms with Crippen LogP contribution in [0.2, 0.25) is 0 Å². The number of hydrogen-bond acceptors (Lipinski definition) is 5. The average Bonchev–Trinajstić information content (AvgIpc) is 2.13. The maximum Gasteiger partial charge on any atom is 0.111 e. The van der Waals surface area contributed by atoms with Gasteiger partial charge in [0.05, 0.1) is 12.2 Å². The van der Waals surface area contributed by atoms with E-state index in [-0.39, 0.29) is 0 Å². The summed E-state index contributed by atoms with van der Waals surface area (Å²) >= 11 is 0. The molecule has 1 saturated carbocycles. The van der Waals surface area contributed by atoms with Crippen LogP contribution in [0.3, 0.4) is 0 Å². The van der Waals surface area contributed by atoms with Gasteiger partial charge in [-0.2, -0.15) is 0 Å². The van der Waals surface area contributed by atoms with Crippen LogP contribution in [0.4, 0.5) is 0 Å². The molecule has 0 spiro atoms. The Bertz CT molecular complexity index is 158. The first-order valence-electron chi connectivity index (χ1n) is 4.41. The molecule has 5 heteroatoms. The second-order valence-corrected chi connectivity index (χ2v) is 3.53. The van der Waals surface area contributed by atoms with E-state index in [1.54, 1.807) is 6.92 Å². The smallest absolute Gasteiger partial charge is 0.111 e. The summed E-state index contributed by atoms with van der Waals surface area (Å²) < 4.78 is 0. The molecule has 6 atom stereocenters. The van der Waals surface area contributed by atoms with Crippen LogP contribution in [-0.4, -0.2) is 56.1 Å². The van der Waals surface area contributed by atoms with Crippen LogP contribution < -0.4 is 0 Å². The van der Waals surface area contributed by atoms with Crippen LogP contribution in [0.1, 0.15) is 13.3 Å². The zero-order valence-corrected chi connectivity index (χ0v) is 7.41. The van der Waals surface area contributed by atoms with Gasteiger partial charge in [-0.25, -0.2) is 0 Å². The number of rotatable bonds is 1. The number of aliphatic hydroxyl groups excluding tert-OH is 5. The summed E-state index contributed by atoms with van der Waals surface area (Å²) in [7, 11) is 0. The van der Waals surface area contributed by atoms with Crippen molar-refractivity contribution in [2.45, 2.75) is 43.9 Å². The molecule has 0 saturated heterocycles. The van der Waals surface area contributed by atoms with Crippen LogP contribution in [0.15, 0.2) is 0 Å². The van der Waals surface area contributed by atoms with Gasteiger partial charge in [-0.1, -0.05) is 6.92 Å². The normalized spacial score (nSPS) is 52.2. The first-order chi connectivity index (χ1) is 6.00. The predicted octanol–water partition coefficient (Wildman–Crippen LogP) is -2.17. The van der Waals surface area contributed by atoms with E-state index in [1.807, 2.05) is 0 Å². The summed E-state index contributed by atoms with van der Waals surface area (Å²) in [6, 6.07) is 0. The maximum atomic E-state index is 9.41. The Morgan fingerprint density at radius 2 is 1.00 bits per heavy atom. The molecule has 0 bridgehead atoms. The minimum Gasteiger partial charge on any atom is -0.390 e. The molecule has 78 valence electrons. The molecule has 5 nitrogen and oxygen atoms in total. The molecule has 5 N–H and O–H groups in total. The Balaban J connectivity index is 2.79. The third kappa shape index (κ3) is 1.70. The van der Waals surface area contributed by atoms with Gasteiger partial charge in [0.2, 0.25) is 0 Å². The lowest BCUT2D eigenvalue weighted by Crippen LogP contribution is -2.60. The van der Waals surface area contributed by atoms with Crippen molar-refractivity contribution in [3.8, 4) is 0 Å².